The summed E-state index contributed by atoms with van der Waals surface area (Å²) in [6.07, 6.45) is 3.63. The Hall–Kier alpha value is -6.73. The number of nitrogen functional groups attached to an aromatic ring is 1. The summed E-state index contributed by atoms with van der Waals surface area (Å²) in [7, 11) is 0. The Kier molecular flexibility index (Phi) is 12.5. The van der Waals surface area contributed by atoms with Gasteiger partial charge in [-0.1, -0.05) is 57.2 Å². The number of phenols is 1. The van der Waals surface area contributed by atoms with Crippen LogP contribution in [0.2, 0.25) is 0 Å². The zero-order chi connectivity index (χ0) is 45.3. The number of thiazole rings is 1. The number of hydrogen-bond donors (Lipinski definition) is 5. The van der Waals surface area contributed by atoms with E-state index in [1.165, 1.54) is 17.3 Å². The third-order valence-corrected chi connectivity index (χ3v) is 12.8. The van der Waals surface area contributed by atoms with Crippen LogP contribution in [-0.2, 0) is 14.4 Å². The van der Waals surface area contributed by atoms with Crippen molar-refractivity contribution in [3.8, 4) is 33.2 Å². The van der Waals surface area contributed by atoms with E-state index in [0.717, 1.165) is 40.1 Å². The Morgan fingerprint density at radius 2 is 1.72 bits per heavy atom. The van der Waals surface area contributed by atoms with Crippen molar-refractivity contribution in [1.29, 1.82) is 0 Å². The average Bonchev–Trinajstić information content (AvgIpc) is 4.00. The van der Waals surface area contributed by atoms with Gasteiger partial charge in [0.15, 0.2) is 23.7 Å². The van der Waals surface area contributed by atoms with Crippen molar-refractivity contribution < 1.29 is 29.3 Å². The normalized spacial score (nSPS) is 17.9. The van der Waals surface area contributed by atoms with Gasteiger partial charge in [0.05, 0.1) is 57.9 Å². The van der Waals surface area contributed by atoms with Gasteiger partial charge < -0.3 is 41.1 Å². The van der Waals surface area contributed by atoms with E-state index in [-0.39, 0.29) is 48.3 Å². The van der Waals surface area contributed by atoms with Gasteiger partial charge in [0.25, 0.3) is 5.91 Å². The Morgan fingerprint density at radius 3 is 2.39 bits per heavy atom. The summed E-state index contributed by atoms with van der Waals surface area (Å²) >= 11 is 1.57. The Balaban J connectivity index is 0.844. The molecule has 2 aliphatic rings. The number of nitrogens with one attached hydrogen (secondary N) is 2. The first-order valence-electron chi connectivity index (χ1n) is 21.2. The number of aryl methyl sites for hydroxylation is 1. The summed E-state index contributed by atoms with van der Waals surface area (Å²) in [5, 5.41) is 40.1. The summed E-state index contributed by atoms with van der Waals surface area (Å²) in [4.78, 5) is 59.0. The number of rotatable bonds is 12. The van der Waals surface area contributed by atoms with E-state index in [1.54, 1.807) is 29.5 Å². The van der Waals surface area contributed by atoms with Crippen molar-refractivity contribution in [3.05, 3.63) is 83.8 Å². The van der Waals surface area contributed by atoms with E-state index < -0.39 is 42.0 Å². The van der Waals surface area contributed by atoms with Crippen molar-refractivity contribution in [1.82, 2.24) is 50.5 Å². The maximum atomic E-state index is 14.1. The minimum atomic E-state index is -1.02. The number of fused-ring (bicyclic) bond motifs is 1. The molecule has 0 bridgehead atoms. The molecule has 18 nitrogen and oxygen atoms in total. The molecule has 0 radical (unpaired) electrons. The van der Waals surface area contributed by atoms with Crippen LogP contribution in [0.4, 0.5) is 11.8 Å². The number of phenolic OH excluding ortho intramolecular Hbond substituents is 1. The SMILES string of the molecule is Cc1ncsc1-c1ccc([C@H](C)NC(=O)[C@@H]2C[C@@H](O)CN2C(=O)[C@@H](NC(=O)COc2cnc(N3CCC(n4nc(N)c5nnc(-c6ccccc6O)cc54)CC3)nc2)C(C)(C)C)cc1. The van der Waals surface area contributed by atoms with Gasteiger partial charge >= 0.3 is 0 Å². The van der Waals surface area contributed by atoms with Crippen LogP contribution in [-0.4, -0.2) is 112 Å². The quantitative estimate of drug-likeness (QED) is 0.113. The molecule has 0 unspecified atom stereocenters. The number of ether oxygens (including phenoxy) is 1. The van der Waals surface area contributed by atoms with E-state index in [9.17, 15) is 24.6 Å². The fraction of sp³-hybridized carbons (Fsp3) is 0.400. The van der Waals surface area contributed by atoms with E-state index in [2.05, 4.69) is 45.8 Å². The molecule has 2 aromatic carbocycles. The minimum Gasteiger partial charge on any atom is -0.507 e. The van der Waals surface area contributed by atoms with Crippen LogP contribution in [0.1, 0.15) is 70.3 Å². The first-order valence-corrected chi connectivity index (χ1v) is 22.1. The molecule has 334 valence electrons. The van der Waals surface area contributed by atoms with Gasteiger partial charge in [-0.15, -0.1) is 21.5 Å². The second kappa shape index (κ2) is 18.2. The number of benzene rings is 2. The number of carbonyl (C=O) groups is 3. The lowest BCUT2D eigenvalue weighted by Crippen LogP contribution is -2.58. The molecule has 0 aliphatic carbocycles. The van der Waals surface area contributed by atoms with Gasteiger partial charge in [-0.05, 0) is 61.4 Å². The topological polar surface area (TPSA) is 240 Å². The number of piperidine rings is 1. The first-order chi connectivity index (χ1) is 30.6. The summed E-state index contributed by atoms with van der Waals surface area (Å²) in [5.41, 5.74) is 12.5. The smallest absolute Gasteiger partial charge is 0.258 e. The van der Waals surface area contributed by atoms with Crippen LogP contribution in [0, 0.1) is 12.3 Å². The zero-order valence-electron chi connectivity index (χ0n) is 36.3. The molecular weight excluding hydrogens is 837 g/mol. The molecule has 4 aromatic heterocycles. The van der Waals surface area contributed by atoms with Crippen molar-refractivity contribution in [2.24, 2.45) is 5.41 Å². The van der Waals surface area contributed by atoms with Crippen molar-refractivity contribution in [3.63, 3.8) is 0 Å². The maximum absolute atomic E-state index is 14.1. The summed E-state index contributed by atoms with van der Waals surface area (Å²) in [6.45, 7) is 10.1. The Morgan fingerprint density at radius 1 is 1.00 bits per heavy atom. The molecule has 8 rings (SSSR count). The molecule has 2 aliphatic heterocycles. The highest BCUT2D eigenvalue weighted by Crippen LogP contribution is 2.34. The number of aromatic hydroxyl groups is 1. The predicted octanol–water partition coefficient (Wildman–Crippen LogP) is 4.59. The Bertz CT molecular complexity index is 2640. The molecule has 6 aromatic rings. The first kappa shape index (κ1) is 43.9. The second-order valence-electron chi connectivity index (χ2n) is 17.4. The average molecular weight is 889 g/mol. The number of anilines is 2. The molecule has 64 heavy (non-hydrogen) atoms. The van der Waals surface area contributed by atoms with Crippen LogP contribution in [0.25, 0.3) is 32.7 Å². The number of carbonyl (C=O) groups excluding carboxylic acids is 3. The van der Waals surface area contributed by atoms with Gasteiger partial charge in [-0.3, -0.25) is 19.1 Å². The third kappa shape index (κ3) is 9.30. The molecule has 19 heteroatoms. The van der Waals surface area contributed by atoms with Crippen molar-refractivity contribution in [2.75, 3.05) is 36.9 Å². The Labute approximate surface area is 373 Å². The lowest BCUT2D eigenvalue weighted by Gasteiger charge is -2.35. The number of β-amino-alcohol motifs (C(OH)–C–C–N with tert-alkyl or cyclic N) is 1. The predicted molar refractivity (Wildman–Crippen MR) is 241 cm³/mol. The summed E-state index contributed by atoms with van der Waals surface area (Å²) in [5.74, 6) is -0.234. The van der Waals surface area contributed by atoms with E-state index in [1.807, 2.05) is 81.2 Å². The summed E-state index contributed by atoms with van der Waals surface area (Å²) in [6, 6.07) is 14.4. The third-order valence-electron chi connectivity index (χ3n) is 11.8. The van der Waals surface area contributed by atoms with Crippen molar-refractivity contribution >= 4 is 51.9 Å². The highest BCUT2D eigenvalue weighted by Gasteiger charge is 2.45. The van der Waals surface area contributed by atoms with Crippen LogP contribution in [0.15, 0.2) is 72.5 Å². The standard InChI is InChI=1S/C45H52N12O6S/c1-25(27-10-12-28(13-11-27)39-26(2)49-24-64-39)50-42(61)35-18-30(58)22-56(35)43(62)40(45(3,4)5)51-37(60)23-63-31-20-47-44(48-21-31)55-16-14-29(15-17-55)57-34-19-33(32-8-6-7-9-36(32)59)52-53-38(34)41(46)54-57/h6-13,19-21,24-25,29-30,35,40,58-59H,14-18,22-23H2,1-5H3,(H2,46,54)(H,50,61)(H,51,60)/t25-,30+,35-,40+/m0/s1. The maximum Gasteiger partial charge on any atom is 0.258 e. The summed E-state index contributed by atoms with van der Waals surface area (Å²) < 4.78 is 7.64. The van der Waals surface area contributed by atoms with E-state index >= 15 is 0 Å². The molecule has 0 spiro atoms. The number of aromatic nitrogens is 7. The van der Waals surface area contributed by atoms with Gasteiger partial charge in [-0.2, -0.15) is 5.10 Å². The molecule has 2 fully saturated rings. The molecule has 6 heterocycles. The zero-order valence-corrected chi connectivity index (χ0v) is 37.1. The monoisotopic (exact) mass is 888 g/mol. The number of para-hydroxylation sites is 1. The number of likely N-dealkylation sites (tertiary alicyclic amines) is 1. The highest BCUT2D eigenvalue weighted by molar-refractivity contribution is 7.13. The fourth-order valence-electron chi connectivity index (χ4n) is 8.28. The van der Waals surface area contributed by atoms with Gasteiger partial charge in [-0.25, -0.2) is 15.0 Å². The van der Waals surface area contributed by atoms with Crippen LogP contribution in [0.5, 0.6) is 11.5 Å². The lowest BCUT2D eigenvalue weighted by atomic mass is 9.85. The molecule has 4 atom stereocenters. The number of amides is 3. The molecular formula is C45H52N12O6S. The van der Waals surface area contributed by atoms with Crippen LogP contribution < -0.4 is 26.0 Å². The van der Waals surface area contributed by atoms with Gasteiger partial charge in [0.1, 0.15) is 17.8 Å². The number of aliphatic hydroxyl groups is 1. The van der Waals surface area contributed by atoms with Gasteiger partial charge in [0.2, 0.25) is 17.8 Å². The van der Waals surface area contributed by atoms with E-state index in [4.69, 9.17) is 10.5 Å². The fourth-order valence-corrected chi connectivity index (χ4v) is 9.09. The van der Waals surface area contributed by atoms with Gasteiger partial charge in [0, 0.05) is 31.6 Å². The van der Waals surface area contributed by atoms with E-state index in [0.29, 0.717) is 35.8 Å². The number of nitrogens with zero attached hydrogens (tertiary/aromatic N) is 9. The molecule has 0 saturated carbocycles. The molecule has 3 amide bonds. The highest BCUT2D eigenvalue weighted by atomic mass is 32.1. The van der Waals surface area contributed by atoms with Crippen LogP contribution >= 0.6 is 11.3 Å². The number of aliphatic hydroxyl groups excluding tert-OH is 1. The molecule has 2 saturated heterocycles. The lowest BCUT2D eigenvalue weighted by molar-refractivity contribution is -0.144. The van der Waals surface area contributed by atoms with Crippen LogP contribution in [0.3, 0.4) is 0 Å². The minimum absolute atomic E-state index is 0.0260. The second-order valence-corrected chi connectivity index (χ2v) is 18.3. The van der Waals surface area contributed by atoms with Crippen molar-refractivity contribution in [2.45, 2.75) is 84.2 Å². The molecule has 6 N–H and O–H groups in total. The largest absolute Gasteiger partial charge is 0.507 e. The number of hydrogen-bond acceptors (Lipinski definition) is 15. The number of nitrogens with two attached hydrogens (primary N) is 1.